The van der Waals surface area contributed by atoms with E-state index < -0.39 is 0 Å². The summed E-state index contributed by atoms with van der Waals surface area (Å²) in [6.07, 6.45) is 0. The van der Waals surface area contributed by atoms with Crippen molar-refractivity contribution in [1.29, 1.82) is 0 Å². The van der Waals surface area contributed by atoms with Gasteiger partial charge in [0.05, 0.1) is 6.61 Å². The van der Waals surface area contributed by atoms with Crippen molar-refractivity contribution >= 4 is 27.7 Å². The van der Waals surface area contributed by atoms with Gasteiger partial charge in [-0.3, -0.25) is 0 Å². The average Bonchev–Trinajstić information content (AvgIpc) is 2.05. The zero-order valence-electron chi connectivity index (χ0n) is 6.88. The Hall–Kier alpha value is 0.01000. The molecule has 0 heterocycles. The third kappa shape index (κ3) is 2.51. The van der Waals surface area contributed by atoms with Crippen LogP contribution in [0.4, 0.5) is 0 Å². The first-order valence-corrected chi connectivity index (χ1v) is 5.58. The van der Waals surface area contributed by atoms with Crippen molar-refractivity contribution in [3.8, 4) is 0 Å². The second-order valence-corrected chi connectivity index (χ2v) is 4.56. The van der Waals surface area contributed by atoms with Gasteiger partial charge in [0.1, 0.15) is 0 Å². The van der Waals surface area contributed by atoms with Crippen LogP contribution >= 0.6 is 27.7 Å². The lowest BCUT2D eigenvalue weighted by Gasteiger charge is -2.05. The van der Waals surface area contributed by atoms with Crippen molar-refractivity contribution < 1.29 is 5.11 Å². The van der Waals surface area contributed by atoms with E-state index in [4.69, 9.17) is 5.11 Å². The summed E-state index contributed by atoms with van der Waals surface area (Å²) in [5.41, 5.74) is 1.00. The molecule has 12 heavy (non-hydrogen) atoms. The fourth-order valence-corrected chi connectivity index (χ4v) is 2.30. The molecule has 0 amide bonds. The second kappa shape index (κ2) is 4.90. The zero-order valence-corrected chi connectivity index (χ0v) is 9.28. The summed E-state index contributed by atoms with van der Waals surface area (Å²) in [6.45, 7) is 2.22. The third-order valence-corrected chi connectivity index (χ3v) is 2.97. The van der Waals surface area contributed by atoms with Crippen molar-refractivity contribution in [2.45, 2.75) is 18.4 Å². The highest BCUT2D eigenvalue weighted by atomic mass is 79.9. The fourth-order valence-electron chi connectivity index (χ4n) is 0.949. The summed E-state index contributed by atoms with van der Waals surface area (Å²) in [4.78, 5) is 1.16. The Kier molecular flexibility index (Phi) is 4.12. The highest BCUT2D eigenvalue weighted by molar-refractivity contribution is 9.10. The molecule has 0 saturated carbocycles. The molecular weight excluding hydrogens is 236 g/mol. The van der Waals surface area contributed by atoms with Gasteiger partial charge in [-0.1, -0.05) is 28.9 Å². The summed E-state index contributed by atoms with van der Waals surface area (Å²) >= 11 is 5.15. The van der Waals surface area contributed by atoms with Gasteiger partial charge in [-0.15, -0.1) is 11.8 Å². The number of benzene rings is 1. The molecule has 0 radical (unpaired) electrons. The molecule has 0 spiro atoms. The normalized spacial score (nSPS) is 10.2. The van der Waals surface area contributed by atoms with Gasteiger partial charge < -0.3 is 5.11 Å². The van der Waals surface area contributed by atoms with Crippen LogP contribution < -0.4 is 0 Å². The van der Waals surface area contributed by atoms with Crippen LogP contribution in [0.2, 0.25) is 0 Å². The van der Waals surface area contributed by atoms with E-state index in [1.165, 1.54) is 0 Å². The Labute approximate surface area is 85.3 Å². The minimum absolute atomic E-state index is 0.121. The molecule has 0 aliphatic heterocycles. The van der Waals surface area contributed by atoms with E-state index in [0.29, 0.717) is 0 Å². The maximum absolute atomic E-state index is 9.01. The number of hydrogen-bond acceptors (Lipinski definition) is 2. The summed E-state index contributed by atoms with van der Waals surface area (Å²) in [6, 6.07) is 5.94. The maximum Gasteiger partial charge on any atom is 0.0692 e. The number of thioether (sulfide) groups is 1. The van der Waals surface area contributed by atoms with Crippen LogP contribution in [0.3, 0.4) is 0 Å². The number of aliphatic hydroxyl groups excluding tert-OH is 1. The molecule has 1 aromatic rings. The average molecular weight is 247 g/mol. The van der Waals surface area contributed by atoms with Gasteiger partial charge in [0.25, 0.3) is 0 Å². The first-order chi connectivity index (χ1) is 5.77. The second-order valence-electron chi connectivity index (χ2n) is 2.34. The van der Waals surface area contributed by atoms with E-state index >= 15 is 0 Å². The first-order valence-electron chi connectivity index (χ1n) is 3.80. The van der Waals surface area contributed by atoms with Crippen LogP contribution in [0.5, 0.6) is 0 Å². The van der Waals surface area contributed by atoms with E-state index in [0.717, 1.165) is 20.7 Å². The quantitative estimate of drug-likeness (QED) is 0.828. The Bertz CT molecular complexity index is 263. The van der Waals surface area contributed by atoms with Gasteiger partial charge in [0.15, 0.2) is 0 Å². The zero-order chi connectivity index (χ0) is 8.97. The molecule has 3 heteroatoms. The van der Waals surface area contributed by atoms with Crippen LogP contribution in [-0.4, -0.2) is 10.9 Å². The molecule has 0 unspecified atom stereocenters. The number of halogens is 1. The Morgan fingerprint density at radius 1 is 1.50 bits per heavy atom. The number of hydrogen-bond donors (Lipinski definition) is 1. The maximum atomic E-state index is 9.01. The van der Waals surface area contributed by atoms with Crippen molar-refractivity contribution in [3.05, 3.63) is 28.2 Å². The van der Waals surface area contributed by atoms with Gasteiger partial charge in [-0.2, -0.15) is 0 Å². The molecule has 1 aromatic carbocycles. The molecule has 0 bridgehead atoms. The Morgan fingerprint density at radius 2 is 2.25 bits per heavy atom. The molecule has 1 rings (SSSR count). The lowest BCUT2D eigenvalue weighted by atomic mass is 10.2. The highest BCUT2D eigenvalue weighted by Gasteiger charge is 2.01. The van der Waals surface area contributed by atoms with E-state index in [9.17, 15) is 0 Å². The molecule has 0 fully saturated rings. The van der Waals surface area contributed by atoms with Crippen LogP contribution in [0, 0.1) is 0 Å². The minimum Gasteiger partial charge on any atom is -0.392 e. The van der Waals surface area contributed by atoms with E-state index in [2.05, 4.69) is 22.9 Å². The Balaban J connectivity index is 2.95. The Morgan fingerprint density at radius 3 is 2.83 bits per heavy atom. The molecule has 0 saturated heterocycles. The fraction of sp³-hybridized carbons (Fsp3) is 0.333. The topological polar surface area (TPSA) is 20.2 Å². The predicted molar refractivity (Wildman–Crippen MR) is 56.5 cm³/mol. The molecular formula is C9H11BrOS. The van der Waals surface area contributed by atoms with Crippen molar-refractivity contribution in [3.63, 3.8) is 0 Å². The van der Waals surface area contributed by atoms with Gasteiger partial charge in [0.2, 0.25) is 0 Å². The lowest BCUT2D eigenvalue weighted by Crippen LogP contribution is -1.87. The molecule has 66 valence electrons. The standard InChI is InChI=1S/C9H11BrOS/c1-2-12-9-5-8(10)4-3-7(9)6-11/h3-5,11H,2,6H2,1H3. The van der Waals surface area contributed by atoms with E-state index in [1.807, 2.05) is 18.2 Å². The predicted octanol–water partition coefficient (Wildman–Crippen LogP) is 3.05. The molecule has 0 aliphatic rings. The molecule has 0 aliphatic carbocycles. The largest absolute Gasteiger partial charge is 0.392 e. The van der Waals surface area contributed by atoms with Gasteiger partial charge >= 0.3 is 0 Å². The van der Waals surface area contributed by atoms with Crippen LogP contribution in [0.1, 0.15) is 12.5 Å². The van der Waals surface area contributed by atoms with Crippen LogP contribution in [0.15, 0.2) is 27.6 Å². The summed E-state index contributed by atoms with van der Waals surface area (Å²) < 4.78 is 1.07. The van der Waals surface area contributed by atoms with Crippen molar-refractivity contribution in [1.82, 2.24) is 0 Å². The molecule has 0 atom stereocenters. The number of rotatable bonds is 3. The smallest absolute Gasteiger partial charge is 0.0692 e. The monoisotopic (exact) mass is 246 g/mol. The van der Waals surface area contributed by atoms with Crippen LogP contribution in [0.25, 0.3) is 0 Å². The summed E-state index contributed by atoms with van der Waals surface area (Å²) in [5, 5.41) is 9.01. The SMILES string of the molecule is CCSc1cc(Br)ccc1CO. The minimum atomic E-state index is 0.121. The highest BCUT2D eigenvalue weighted by Crippen LogP contribution is 2.26. The van der Waals surface area contributed by atoms with Gasteiger partial charge in [-0.25, -0.2) is 0 Å². The summed E-state index contributed by atoms with van der Waals surface area (Å²) in [5.74, 6) is 1.03. The van der Waals surface area contributed by atoms with Crippen molar-refractivity contribution in [2.24, 2.45) is 0 Å². The molecule has 1 N–H and O–H groups in total. The molecule has 1 nitrogen and oxygen atoms in total. The lowest BCUT2D eigenvalue weighted by molar-refractivity contribution is 0.279. The van der Waals surface area contributed by atoms with E-state index in [-0.39, 0.29) is 6.61 Å². The van der Waals surface area contributed by atoms with E-state index in [1.54, 1.807) is 11.8 Å². The first kappa shape index (κ1) is 10.1. The third-order valence-electron chi connectivity index (χ3n) is 1.50. The van der Waals surface area contributed by atoms with Crippen LogP contribution in [-0.2, 0) is 6.61 Å². The number of aliphatic hydroxyl groups is 1. The molecule has 0 aromatic heterocycles. The van der Waals surface area contributed by atoms with Crippen molar-refractivity contribution in [2.75, 3.05) is 5.75 Å². The van der Waals surface area contributed by atoms with Gasteiger partial charge in [0, 0.05) is 9.37 Å². The summed E-state index contributed by atoms with van der Waals surface area (Å²) in [7, 11) is 0. The van der Waals surface area contributed by atoms with Gasteiger partial charge in [-0.05, 0) is 23.4 Å².